The van der Waals surface area contributed by atoms with Crippen molar-refractivity contribution in [2.24, 2.45) is 0 Å². The molecule has 9 heteroatoms. The number of amides is 2. The standard InChI is InChI=1S/C23H20N2O6S/c1-13-18(23(28)29-2)22(25-20(26)15-8-9-16-17(10-15)31-12-30-16)32-19(13)21(27)24-11-14-6-4-3-5-7-14/h3-10H,11-12H2,1-2H3,(H,24,27)(H,25,26). The average molecular weight is 452 g/mol. The van der Waals surface area contributed by atoms with Gasteiger partial charge in [0, 0.05) is 12.1 Å². The van der Waals surface area contributed by atoms with Crippen LogP contribution in [0.3, 0.4) is 0 Å². The van der Waals surface area contributed by atoms with Crippen LogP contribution in [0.25, 0.3) is 0 Å². The molecule has 2 aromatic carbocycles. The Morgan fingerprint density at radius 1 is 1.03 bits per heavy atom. The fourth-order valence-electron chi connectivity index (χ4n) is 3.24. The number of hydrogen-bond acceptors (Lipinski definition) is 7. The molecule has 1 aromatic heterocycles. The molecule has 0 unspecified atom stereocenters. The Morgan fingerprint density at radius 3 is 2.53 bits per heavy atom. The predicted molar refractivity (Wildman–Crippen MR) is 119 cm³/mol. The molecule has 164 valence electrons. The largest absolute Gasteiger partial charge is 0.465 e. The quantitative estimate of drug-likeness (QED) is 0.552. The Balaban J connectivity index is 1.57. The van der Waals surface area contributed by atoms with Crippen LogP contribution in [0.15, 0.2) is 48.5 Å². The number of benzene rings is 2. The van der Waals surface area contributed by atoms with Crippen molar-refractivity contribution in [3.05, 3.63) is 75.7 Å². The molecule has 0 fully saturated rings. The molecule has 1 aliphatic rings. The number of rotatable bonds is 6. The zero-order valence-electron chi connectivity index (χ0n) is 17.4. The van der Waals surface area contributed by atoms with Gasteiger partial charge in [-0.25, -0.2) is 4.79 Å². The van der Waals surface area contributed by atoms with E-state index in [1.807, 2.05) is 30.3 Å². The number of ether oxygens (including phenoxy) is 3. The summed E-state index contributed by atoms with van der Waals surface area (Å²) in [7, 11) is 1.25. The summed E-state index contributed by atoms with van der Waals surface area (Å²) in [5, 5.41) is 5.81. The Hall–Kier alpha value is -3.85. The average Bonchev–Trinajstić information content (AvgIpc) is 3.41. The summed E-state index contributed by atoms with van der Waals surface area (Å²) in [6.45, 7) is 2.08. The number of fused-ring (bicyclic) bond motifs is 1. The van der Waals surface area contributed by atoms with Gasteiger partial charge in [-0.15, -0.1) is 11.3 Å². The van der Waals surface area contributed by atoms with E-state index < -0.39 is 11.9 Å². The number of anilines is 1. The molecule has 32 heavy (non-hydrogen) atoms. The van der Waals surface area contributed by atoms with Gasteiger partial charge in [0.05, 0.1) is 17.6 Å². The molecular formula is C23H20N2O6S. The molecule has 0 saturated heterocycles. The van der Waals surface area contributed by atoms with Gasteiger partial charge in [0.15, 0.2) is 11.5 Å². The monoisotopic (exact) mass is 452 g/mol. The third-order valence-corrected chi connectivity index (χ3v) is 6.11. The summed E-state index contributed by atoms with van der Waals surface area (Å²) in [5.41, 5.74) is 1.86. The lowest BCUT2D eigenvalue weighted by Crippen LogP contribution is -2.22. The Kier molecular flexibility index (Phi) is 6.09. The number of hydrogen-bond donors (Lipinski definition) is 2. The molecule has 2 heterocycles. The first-order valence-electron chi connectivity index (χ1n) is 9.72. The van der Waals surface area contributed by atoms with Crippen molar-refractivity contribution in [1.29, 1.82) is 0 Å². The van der Waals surface area contributed by atoms with E-state index in [9.17, 15) is 14.4 Å². The smallest absolute Gasteiger partial charge is 0.341 e. The van der Waals surface area contributed by atoms with Crippen molar-refractivity contribution in [3.8, 4) is 11.5 Å². The van der Waals surface area contributed by atoms with Gasteiger partial charge < -0.3 is 24.8 Å². The maximum absolute atomic E-state index is 12.8. The second kappa shape index (κ2) is 9.11. The molecule has 2 amide bonds. The van der Waals surface area contributed by atoms with Gasteiger partial charge in [-0.3, -0.25) is 9.59 Å². The first-order chi connectivity index (χ1) is 15.5. The minimum atomic E-state index is -0.637. The van der Waals surface area contributed by atoms with Crippen molar-refractivity contribution in [2.75, 3.05) is 19.2 Å². The van der Waals surface area contributed by atoms with Crippen molar-refractivity contribution in [1.82, 2.24) is 5.32 Å². The van der Waals surface area contributed by atoms with Crippen LogP contribution < -0.4 is 20.1 Å². The van der Waals surface area contributed by atoms with Crippen LogP contribution in [0.1, 0.15) is 41.5 Å². The minimum absolute atomic E-state index is 0.0957. The molecule has 8 nitrogen and oxygen atoms in total. The summed E-state index contributed by atoms with van der Waals surface area (Å²) in [6, 6.07) is 14.3. The second-order valence-electron chi connectivity index (χ2n) is 6.94. The maximum Gasteiger partial charge on any atom is 0.341 e. The van der Waals surface area contributed by atoms with Gasteiger partial charge in [-0.2, -0.15) is 0 Å². The highest BCUT2D eigenvalue weighted by Crippen LogP contribution is 2.36. The lowest BCUT2D eigenvalue weighted by Gasteiger charge is -2.07. The zero-order valence-corrected chi connectivity index (χ0v) is 18.2. The van der Waals surface area contributed by atoms with Gasteiger partial charge in [0.1, 0.15) is 5.00 Å². The van der Waals surface area contributed by atoms with Crippen LogP contribution in [-0.4, -0.2) is 31.7 Å². The van der Waals surface area contributed by atoms with Crippen molar-refractivity contribution >= 4 is 34.1 Å². The van der Waals surface area contributed by atoms with Crippen LogP contribution in [0.5, 0.6) is 11.5 Å². The second-order valence-corrected chi connectivity index (χ2v) is 7.96. The molecule has 3 aromatic rings. The minimum Gasteiger partial charge on any atom is -0.465 e. The van der Waals surface area contributed by atoms with Gasteiger partial charge in [-0.1, -0.05) is 30.3 Å². The molecule has 0 radical (unpaired) electrons. The Morgan fingerprint density at radius 2 is 1.78 bits per heavy atom. The highest BCUT2D eigenvalue weighted by molar-refractivity contribution is 7.18. The highest BCUT2D eigenvalue weighted by atomic mass is 32.1. The molecule has 0 spiro atoms. The van der Waals surface area contributed by atoms with E-state index in [0.29, 0.717) is 34.0 Å². The third-order valence-electron chi connectivity index (χ3n) is 4.90. The van der Waals surface area contributed by atoms with E-state index in [1.165, 1.54) is 7.11 Å². The van der Waals surface area contributed by atoms with Gasteiger partial charge in [0.25, 0.3) is 11.8 Å². The van der Waals surface area contributed by atoms with Crippen LogP contribution in [-0.2, 0) is 11.3 Å². The summed E-state index contributed by atoms with van der Waals surface area (Å²) >= 11 is 1.02. The number of carbonyl (C=O) groups excluding carboxylic acids is 3. The third kappa shape index (κ3) is 4.28. The number of methoxy groups -OCH3 is 1. The first-order valence-corrected chi connectivity index (χ1v) is 10.5. The summed E-state index contributed by atoms with van der Waals surface area (Å²) in [4.78, 5) is 38.4. The molecular weight excluding hydrogens is 432 g/mol. The first kappa shape index (κ1) is 21.4. The fraction of sp³-hybridized carbons (Fsp3) is 0.174. The normalized spacial score (nSPS) is 11.7. The topological polar surface area (TPSA) is 103 Å². The molecule has 0 bridgehead atoms. The van der Waals surface area contributed by atoms with Crippen LogP contribution >= 0.6 is 11.3 Å². The van der Waals surface area contributed by atoms with Gasteiger partial charge in [-0.05, 0) is 36.2 Å². The van der Waals surface area contributed by atoms with Crippen molar-refractivity contribution < 1.29 is 28.6 Å². The number of esters is 1. The van der Waals surface area contributed by atoms with E-state index in [0.717, 1.165) is 16.9 Å². The van der Waals surface area contributed by atoms with Gasteiger partial charge in [0.2, 0.25) is 6.79 Å². The van der Waals surface area contributed by atoms with Crippen molar-refractivity contribution in [2.45, 2.75) is 13.5 Å². The van der Waals surface area contributed by atoms with E-state index in [1.54, 1.807) is 25.1 Å². The summed E-state index contributed by atoms with van der Waals surface area (Å²) < 4.78 is 15.4. The molecule has 2 N–H and O–H groups in total. The summed E-state index contributed by atoms with van der Waals surface area (Å²) in [6.07, 6.45) is 0. The molecule has 1 aliphatic heterocycles. The molecule has 0 atom stereocenters. The van der Waals surface area contributed by atoms with Crippen LogP contribution in [0.4, 0.5) is 5.00 Å². The van der Waals surface area contributed by atoms with E-state index in [2.05, 4.69) is 10.6 Å². The molecule has 0 saturated carbocycles. The lowest BCUT2D eigenvalue weighted by atomic mass is 10.1. The highest BCUT2D eigenvalue weighted by Gasteiger charge is 2.27. The van der Waals surface area contributed by atoms with E-state index >= 15 is 0 Å². The Bertz CT molecular complexity index is 1190. The van der Waals surface area contributed by atoms with E-state index in [4.69, 9.17) is 14.2 Å². The number of carbonyl (C=O) groups is 3. The van der Waals surface area contributed by atoms with Gasteiger partial charge >= 0.3 is 5.97 Å². The predicted octanol–water partition coefficient (Wildman–Crippen LogP) is 3.75. The zero-order chi connectivity index (χ0) is 22.7. The maximum atomic E-state index is 12.8. The molecule has 0 aliphatic carbocycles. The van der Waals surface area contributed by atoms with Crippen LogP contribution in [0.2, 0.25) is 0 Å². The number of nitrogens with one attached hydrogen (secondary N) is 2. The SMILES string of the molecule is COC(=O)c1c(NC(=O)c2ccc3c(c2)OCO3)sc(C(=O)NCc2ccccc2)c1C. The Labute approximate surface area is 188 Å². The fourth-order valence-corrected chi connectivity index (χ4v) is 4.34. The number of thiophene rings is 1. The van der Waals surface area contributed by atoms with Crippen LogP contribution in [0, 0.1) is 6.92 Å². The van der Waals surface area contributed by atoms with E-state index in [-0.39, 0.29) is 23.3 Å². The lowest BCUT2D eigenvalue weighted by molar-refractivity contribution is 0.0601. The molecule has 4 rings (SSSR count). The van der Waals surface area contributed by atoms with Crippen molar-refractivity contribution in [3.63, 3.8) is 0 Å². The summed E-state index contributed by atoms with van der Waals surface area (Å²) in [5.74, 6) is -0.409.